The summed E-state index contributed by atoms with van der Waals surface area (Å²) < 4.78 is 34.1. The molecule has 9 nitrogen and oxygen atoms in total. The average molecular weight is 679 g/mol. The van der Waals surface area contributed by atoms with E-state index in [1.54, 1.807) is 0 Å². The molecule has 0 aromatic heterocycles. The smallest absolute Gasteiger partial charge is 0.462 e. The number of hydrogen-bond donors (Lipinski definition) is 1. The molecule has 0 fully saturated rings. The Labute approximate surface area is 283 Å². The summed E-state index contributed by atoms with van der Waals surface area (Å²) in [5.41, 5.74) is 0. The largest absolute Gasteiger partial charge is 0.472 e. The van der Waals surface area contributed by atoms with Crippen molar-refractivity contribution >= 4 is 19.8 Å². The number of phosphoric acid groups is 1. The molecule has 0 spiro atoms. The van der Waals surface area contributed by atoms with E-state index in [0.29, 0.717) is 17.4 Å². The Hall–Kier alpha value is -0.990. The normalized spacial score (nSPS) is 13.8. The van der Waals surface area contributed by atoms with Crippen molar-refractivity contribution in [2.24, 2.45) is 0 Å². The maximum atomic E-state index is 12.6. The molecule has 0 aliphatic heterocycles. The predicted molar refractivity (Wildman–Crippen MR) is 188 cm³/mol. The summed E-state index contributed by atoms with van der Waals surface area (Å²) in [4.78, 5) is 35.0. The average Bonchev–Trinajstić information content (AvgIpc) is 2.99. The summed E-state index contributed by atoms with van der Waals surface area (Å²) in [5.74, 6) is -0.794. The topological polar surface area (TPSA) is 108 Å². The Balaban J connectivity index is 4.42. The van der Waals surface area contributed by atoms with Gasteiger partial charge in [-0.25, -0.2) is 4.57 Å². The summed E-state index contributed by atoms with van der Waals surface area (Å²) in [6, 6.07) is 0. The van der Waals surface area contributed by atoms with E-state index < -0.39 is 26.5 Å². The molecule has 0 saturated carbocycles. The number of carbonyl (C=O) groups is 2. The molecule has 274 valence electrons. The molecular formula is C36H73NO8P+. The van der Waals surface area contributed by atoms with Gasteiger partial charge < -0.3 is 18.9 Å². The number of likely N-dealkylation sites (N-methyl/N-ethyl adjacent to an activating group) is 1. The molecule has 2 unspecified atom stereocenters. The Morgan fingerprint density at radius 3 is 1.39 bits per heavy atom. The SMILES string of the molecule is CCCCCCCCCCCCCCCC(=O)OC(COC(=O)CCCCCCCCCCC)COP(=O)(O)OCC[N+](C)(C)C. The van der Waals surface area contributed by atoms with E-state index in [1.807, 2.05) is 21.1 Å². The van der Waals surface area contributed by atoms with Gasteiger partial charge in [-0.15, -0.1) is 0 Å². The first-order valence-electron chi connectivity index (χ1n) is 18.8. The van der Waals surface area contributed by atoms with Crippen molar-refractivity contribution in [3.05, 3.63) is 0 Å². The van der Waals surface area contributed by atoms with Crippen LogP contribution in [0, 0.1) is 0 Å². The van der Waals surface area contributed by atoms with Gasteiger partial charge in [-0.1, -0.05) is 142 Å². The van der Waals surface area contributed by atoms with Gasteiger partial charge in [0, 0.05) is 12.8 Å². The zero-order valence-electron chi connectivity index (χ0n) is 30.6. The third-order valence-electron chi connectivity index (χ3n) is 8.14. The van der Waals surface area contributed by atoms with Crippen molar-refractivity contribution in [1.82, 2.24) is 0 Å². The highest BCUT2D eigenvalue weighted by Crippen LogP contribution is 2.43. The van der Waals surface area contributed by atoms with Crippen LogP contribution in [0.15, 0.2) is 0 Å². The first-order chi connectivity index (χ1) is 22.0. The van der Waals surface area contributed by atoms with Crippen molar-refractivity contribution in [2.75, 3.05) is 47.5 Å². The van der Waals surface area contributed by atoms with E-state index in [-0.39, 0.29) is 25.6 Å². The highest BCUT2D eigenvalue weighted by atomic mass is 31.2. The van der Waals surface area contributed by atoms with Crippen LogP contribution in [0.4, 0.5) is 0 Å². The monoisotopic (exact) mass is 679 g/mol. The summed E-state index contributed by atoms with van der Waals surface area (Å²) in [5, 5.41) is 0. The first-order valence-corrected chi connectivity index (χ1v) is 20.3. The number of rotatable bonds is 34. The van der Waals surface area contributed by atoms with Gasteiger partial charge in [0.1, 0.15) is 19.8 Å². The van der Waals surface area contributed by atoms with E-state index in [4.69, 9.17) is 18.5 Å². The number of hydrogen-bond acceptors (Lipinski definition) is 7. The molecule has 0 aliphatic rings. The van der Waals surface area contributed by atoms with Crippen LogP contribution in [0.3, 0.4) is 0 Å². The number of ether oxygens (including phenoxy) is 2. The number of esters is 2. The number of carbonyl (C=O) groups excluding carboxylic acids is 2. The maximum Gasteiger partial charge on any atom is 0.472 e. The lowest BCUT2D eigenvalue weighted by atomic mass is 10.0. The molecule has 0 bridgehead atoms. The predicted octanol–water partition coefficient (Wildman–Crippen LogP) is 9.68. The van der Waals surface area contributed by atoms with E-state index >= 15 is 0 Å². The summed E-state index contributed by atoms with van der Waals surface area (Å²) in [6.45, 7) is 4.40. The molecule has 0 heterocycles. The van der Waals surface area contributed by atoms with Crippen LogP contribution < -0.4 is 0 Å². The minimum Gasteiger partial charge on any atom is -0.462 e. The lowest BCUT2D eigenvalue weighted by molar-refractivity contribution is -0.870. The number of unbranched alkanes of at least 4 members (excludes halogenated alkanes) is 20. The maximum absolute atomic E-state index is 12.6. The molecule has 0 aromatic rings. The second-order valence-corrected chi connectivity index (χ2v) is 15.4. The molecule has 0 aromatic carbocycles. The minimum absolute atomic E-state index is 0.0362. The molecule has 10 heteroatoms. The van der Waals surface area contributed by atoms with Gasteiger partial charge in [0.05, 0.1) is 27.7 Å². The fraction of sp³-hybridized carbons (Fsp3) is 0.944. The van der Waals surface area contributed by atoms with Crippen molar-refractivity contribution in [1.29, 1.82) is 0 Å². The van der Waals surface area contributed by atoms with E-state index in [0.717, 1.165) is 38.5 Å². The first kappa shape index (κ1) is 45.0. The van der Waals surface area contributed by atoms with E-state index in [9.17, 15) is 19.0 Å². The molecule has 46 heavy (non-hydrogen) atoms. The molecule has 0 rings (SSSR count). The minimum atomic E-state index is -4.35. The highest BCUT2D eigenvalue weighted by molar-refractivity contribution is 7.47. The zero-order chi connectivity index (χ0) is 34.4. The molecule has 0 saturated heterocycles. The van der Waals surface area contributed by atoms with Crippen LogP contribution in [-0.2, 0) is 32.7 Å². The summed E-state index contributed by atoms with van der Waals surface area (Å²) >= 11 is 0. The second kappa shape index (κ2) is 30.1. The van der Waals surface area contributed by atoms with E-state index in [1.165, 1.54) is 103 Å². The van der Waals surface area contributed by atoms with Gasteiger partial charge >= 0.3 is 19.8 Å². The Morgan fingerprint density at radius 2 is 0.978 bits per heavy atom. The lowest BCUT2D eigenvalue weighted by Gasteiger charge is -2.24. The van der Waals surface area contributed by atoms with Gasteiger partial charge in [-0.3, -0.25) is 18.6 Å². The van der Waals surface area contributed by atoms with Gasteiger partial charge in [0.2, 0.25) is 0 Å². The van der Waals surface area contributed by atoms with Gasteiger partial charge in [-0.05, 0) is 12.8 Å². The van der Waals surface area contributed by atoms with Gasteiger partial charge in [0.15, 0.2) is 6.10 Å². The molecular weight excluding hydrogens is 605 g/mol. The number of phosphoric ester groups is 1. The van der Waals surface area contributed by atoms with Crippen LogP contribution in [0.25, 0.3) is 0 Å². The van der Waals surface area contributed by atoms with Crippen LogP contribution in [0.5, 0.6) is 0 Å². The van der Waals surface area contributed by atoms with Crippen LogP contribution in [-0.4, -0.2) is 74.9 Å². The zero-order valence-corrected chi connectivity index (χ0v) is 31.5. The van der Waals surface area contributed by atoms with Crippen LogP contribution in [0.1, 0.15) is 168 Å². The van der Waals surface area contributed by atoms with E-state index in [2.05, 4.69) is 13.8 Å². The third kappa shape index (κ3) is 32.9. The van der Waals surface area contributed by atoms with Crippen LogP contribution >= 0.6 is 7.82 Å². The Kier molecular flexibility index (Phi) is 29.4. The third-order valence-corrected chi connectivity index (χ3v) is 9.12. The Bertz CT molecular complexity index is 774. The van der Waals surface area contributed by atoms with Crippen molar-refractivity contribution < 1.29 is 42.1 Å². The van der Waals surface area contributed by atoms with Gasteiger partial charge in [0.25, 0.3) is 0 Å². The van der Waals surface area contributed by atoms with Crippen molar-refractivity contribution in [3.63, 3.8) is 0 Å². The highest BCUT2D eigenvalue weighted by Gasteiger charge is 2.27. The molecule has 1 N–H and O–H groups in total. The molecule has 0 aliphatic carbocycles. The second-order valence-electron chi connectivity index (χ2n) is 14.0. The number of quaternary nitrogens is 1. The lowest BCUT2D eigenvalue weighted by Crippen LogP contribution is -2.37. The summed E-state index contributed by atoms with van der Waals surface area (Å²) in [7, 11) is 1.49. The standard InChI is InChI=1S/C36H72NO8P/c1-6-8-10-12-14-16-17-18-19-21-23-25-27-29-36(39)45-34(33-44-46(40,41)43-31-30-37(3,4)5)32-42-35(38)28-26-24-22-20-15-13-11-9-7-2/h34H,6-33H2,1-5H3/p+1. The Morgan fingerprint density at radius 1 is 0.587 bits per heavy atom. The number of nitrogens with zero attached hydrogens (tertiary/aromatic N) is 1. The van der Waals surface area contributed by atoms with Crippen molar-refractivity contribution in [2.45, 2.75) is 174 Å². The molecule has 0 amide bonds. The fourth-order valence-corrected chi connectivity index (χ4v) is 5.87. The van der Waals surface area contributed by atoms with Crippen molar-refractivity contribution in [3.8, 4) is 0 Å². The summed E-state index contributed by atoms with van der Waals surface area (Å²) in [6.07, 6.45) is 25.8. The fourth-order valence-electron chi connectivity index (χ4n) is 5.13. The molecule has 0 radical (unpaired) electrons. The van der Waals surface area contributed by atoms with Crippen LogP contribution in [0.2, 0.25) is 0 Å². The quantitative estimate of drug-likeness (QED) is 0.0310. The molecule has 2 atom stereocenters. The van der Waals surface area contributed by atoms with Gasteiger partial charge in [-0.2, -0.15) is 0 Å².